The van der Waals surface area contributed by atoms with Crippen LogP contribution in [0.25, 0.3) is 0 Å². The Morgan fingerprint density at radius 3 is 3.07 bits per heavy atom. The molecule has 0 fully saturated rings. The summed E-state index contributed by atoms with van der Waals surface area (Å²) in [6.45, 7) is 2.35. The third-order valence-corrected chi connectivity index (χ3v) is 3.94. The van der Waals surface area contributed by atoms with E-state index >= 15 is 0 Å². The Morgan fingerprint density at radius 1 is 1.57 bits per heavy atom. The second-order valence-corrected chi connectivity index (χ2v) is 4.74. The molecule has 1 aromatic carbocycles. The zero-order chi connectivity index (χ0) is 10.1. The van der Waals surface area contributed by atoms with Gasteiger partial charge in [-0.05, 0) is 18.6 Å². The van der Waals surface area contributed by atoms with Gasteiger partial charge in [0.1, 0.15) is 0 Å². The van der Waals surface area contributed by atoms with Gasteiger partial charge in [-0.2, -0.15) is 0 Å². The van der Waals surface area contributed by atoms with Crippen molar-refractivity contribution >= 4 is 17.4 Å². The SMILES string of the molecule is Cc1cccc2c1N(C)C(CO)CS2. The fourth-order valence-electron chi connectivity index (χ4n) is 1.86. The highest BCUT2D eigenvalue weighted by Gasteiger charge is 2.24. The molecular formula is C11H15NOS. The summed E-state index contributed by atoms with van der Waals surface area (Å²) in [5.74, 6) is 0.976. The van der Waals surface area contributed by atoms with E-state index in [2.05, 4.69) is 37.1 Å². The van der Waals surface area contributed by atoms with Gasteiger partial charge >= 0.3 is 0 Å². The van der Waals surface area contributed by atoms with Crippen molar-refractivity contribution in [3.63, 3.8) is 0 Å². The van der Waals surface area contributed by atoms with E-state index in [0.29, 0.717) is 0 Å². The molecule has 0 amide bonds. The summed E-state index contributed by atoms with van der Waals surface area (Å²) >= 11 is 1.84. The van der Waals surface area contributed by atoms with E-state index in [1.165, 1.54) is 16.1 Å². The molecule has 0 spiro atoms. The van der Waals surface area contributed by atoms with Crippen molar-refractivity contribution < 1.29 is 5.11 Å². The summed E-state index contributed by atoms with van der Waals surface area (Å²) in [6.07, 6.45) is 0. The fraction of sp³-hybridized carbons (Fsp3) is 0.455. The maximum atomic E-state index is 9.22. The Morgan fingerprint density at radius 2 is 2.36 bits per heavy atom. The number of hydrogen-bond donors (Lipinski definition) is 1. The van der Waals surface area contributed by atoms with Crippen LogP contribution in [0.15, 0.2) is 23.1 Å². The average molecular weight is 209 g/mol. The van der Waals surface area contributed by atoms with Crippen LogP contribution in [0.1, 0.15) is 5.56 Å². The number of benzene rings is 1. The molecule has 14 heavy (non-hydrogen) atoms. The van der Waals surface area contributed by atoms with Crippen LogP contribution in [-0.4, -0.2) is 30.6 Å². The number of fused-ring (bicyclic) bond motifs is 1. The Balaban J connectivity index is 2.43. The molecule has 0 aromatic heterocycles. The lowest BCUT2D eigenvalue weighted by Crippen LogP contribution is -2.39. The lowest BCUT2D eigenvalue weighted by atomic mass is 10.1. The zero-order valence-electron chi connectivity index (χ0n) is 8.53. The van der Waals surface area contributed by atoms with Gasteiger partial charge in [0.15, 0.2) is 0 Å². The first-order valence-corrected chi connectivity index (χ1v) is 5.78. The Bertz CT molecular complexity index is 340. The molecule has 1 atom stereocenters. The van der Waals surface area contributed by atoms with Gasteiger partial charge in [0, 0.05) is 17.7 Å². The van der Waals surface area contributed by atoms with E-state index in [1.54, 1.807) is 0 Å². The Hall–Kier alpha value is -0.670. The van der Waals surface area contributed by atoms with E-state index < -0.39 is 0 Å². The van der Waals surface area contributed by atoms with Gasteiger partial charge in [0.2, 0.25) is 0 Å². The molecule has 76 valence electrons. The lowest BCUT2D eigenvalue weighted by molar-refractivity contribution is 0.271. The fourth-order valence-corrected chi connectivity index (χ4v) is 3.17. The minimum absolute atomic E-state index is 0.233. The first-order valence-electron chi connectivity index (χ1n) is 4.80. The molecule has 2 nitrogen and oxygen atoms in total. The maximum Gasteiger partial charge on any atom is 0.0643 e. The molecule has 1 aliphatic rings. The van der Waals surface area contributed by atoms with Crippen molar-refractivity contribution in [3.8, 4) is 0 Å². The molecule has 1 aliphatic heterocycles. The molecular weight excluding hydrogens is 194 g/mol. The number of rotatable bonds is 1. The molecule has 1 heterocycles. The van der Waals surface area contributed by atoms with Crippen LogP contribution in [0.2, 0.25) is 0 Å². The summed E-state index contributed by atoms with van der Waals surface area (Å²) in [5, 5.41) is 9.22. The third kappa shape index (κ3) is 1.51. The van der Waals surface area contributed by atoms with E-state index in [-0.39, 0.29) is 12.6 Å². The first-order chi connectivity index (χ1) is 6.74. The van der Waals surface area contributed by atoms with Gasteiger partial charge in [-0.25, -0.2) is 0 Å². The topological polar surface area (TPSA) is 23.5 Å². The largest absolute Gasteiger partial charge is 0.394 e. The summed E-state index contributed by atoms with van der Waals surface area (Å²) in [7, 11) is 2.06. The molecule has 0 saturated carbocycles. The maximum absolute atomic E-state index is 9.22. The van der Waals surface area contributed by atoms with E-state index in [9.17, 15) is 5.11 Å². The van der Waals surface area contributed by atoms with E-state index in [1.807, 2.05) is 11.8 Å². The summed E-state index contributed by atoms with van der Waals surface area (Å²) in [4.78, 5) is 3.53. The van der Waals surface area contributed by atoms with Crippen LogP contribution < -0.4 is 4.90 Å². The minimum Gasteiger partial charge on any atom is -0.394 e. The quantitative estimate of drug-likeness (QED) is 0.764. The van der Waals surface area contributed by atoms with Crippen molar-refractivity contribution in [2.24, 2.45) is 0 Å². The highest BCUT2D eigenvalue weighted by atomic mass is 32.2. The molecule has 1 aromatic rings. The number of likely N-dealkylation sites (N-methyl/N-ethyl adjacent to an activating group) is 1. The van der Waals surface area contributed by atoms with Gasteiger partial charge < -0.3 is 10.0 Å². The number of para-hydroxylation sites is 1. The van der Waals surface area contributed by atoms with Gasteiger partial charge in [-0.3, -0.25) is 0 Å². The number of hydrogen-bond acceptors (Lipinski definition) is 3. The predicted octanol–water partition coefficient (Wildman–Crippen LogP) is 1.90. The van der Waals surface area contributed by atoms with Crippen LogP contribution in [0, 0.1) is 6.92 Å². The van der Waals surface area contributed by atoms with Crippen LogP contribution in [0.5, 0.6) is 0 Å². The lowest BCUT2D eigenvalue weighted by Gasteiger charge is -2.35. The highest BCUT2D eigenvalue weighted by molar-refractivity contribution is 7.99. The normalized spacial score (nSPS) is 20.8. The molecule has 3 heteroatoms. The number of anilines is 1. The first kappa shape index (κ1) is 9.87. The predicted molar refractivity (Wildman–Crippen MR) is 61.2 cm³/mol. The minimum atomic E-state index is 0.233. The molecule has 0 aliphatic carbocycles. The van der Waals surface area contributed by atoms with Gasteiger partial charge in [-0.15, -0.1) is 11.8 Å². The molecule has 0 bridgehead atoms. The molecule has 1 unspecified atom stereocenters. The van der Waals surface area contributed by atoms with Crippen molar-refractivity contribution in [2.75, 3.05) is 24.3 Å². The second-order valence-electron chi connectivity index (χ2n) is 3.68. The molecule has 0 radical (unpaired) electrons. The smallest absolute Gasteiger partial charge is 0.0643 e. The van der Waals surface area contributed by atoms with E-state index in [4.69, 9.17) is 0 Å². The summed E-state index contributed by atoms with van der Waals surface area (Å²) in [5.41, 5.74) is 2.57. The van der Waals surface area contributed by atoms with Gasteiger partial charge in [-0.1, -0.05) is 12.1 Å². The average Bonchev–Trinajstić information content (AvgIpc) is 2.18. The molecule has 0 saturated heterocycles. The van der Waals surface area contributed by atoms with Crippen LogP contribution >= 0.6 is 11.8 Å². The number of nitrogens with zero attached hydrogens (tertiary/aromatic N) is 1. The summed E-state index contributed by atoms with van der Waals surface area (Å²) < 4.78 is 0. The van der Waals surface area contributed by atoms with Crippen molar-refractivity contribution in [1.29, 1.82) is 0 Å². The van der Waals surface area contributed by atoms with Gasteiger partial charge in [0.05, 0.1) is 18.3 Å². The molecule has 1 N–H and O–H groups in total. The summed E-state index contributed by atoms with van der Waals surface area (Å²) in [6, 6.07) is 6.62. The van der Waals surface area contributed by atoms with Crippen LogP contribution in [0.4, 0.5) is 5.69 Å². The van der Waals surface area contributed by atoms with E-state index in [0.717, 1.165) is 5.75 Å². The van der Waals surface area contributed by atoms with Crippen LogP contribution in [0.3, 0.4) is 0 Å². The zero-order valence-corrected chi connectivity index (χ0v) is 9.34. The number of aryl methyl sites for hydroxylation is 1. The van der Waals surface area contributed by atoms with Crippen molar-refractivity contribution in [3.05, 3.63) is 23.8 Å². The second kappa shape index (κ2) is 3.83. The molecule has 2 rings (SSSR count). The number of thioether (sulfide) groups is 1. The number of aliphatic hydroxyl groups excluding tert-OH is 1. The third-order valence-electron chi connectivity index (χ3n) is 2.74. The van der Waals surface area contributed by atoms with Gasteiger partial charge in [0.25, 0.3) is 0 Å². The van der Waals surface area contributed by atoms with Crippen molar-refractivity contribution in [1.82, 2.24) is 0 Å². The standard InChI is InChI=1S/C11H15NOS/c1-8-4-3-5-10-11(8)12(2)9(6-13)7-14-10/h3-5,9,13H,6-7H2,1-2H3. The van der Waals surface area contributed by atoms with Crippen molar-refractivity contribution in [2.45, 2.75) is 17.9 Å². The highest BCUT2D eigenvalue weighted by Crippen LogP contribution is 2.38. The Kier molecular flexibility index (Phi) is 2.70. The Labute approximate surface area is 88.9 Å². The monoisotopic (exact) mass is 209 g/mol. The van der Waals surface area contributed by atoms with Crippen LogP contribution in [-0.2, 0) is 0 Å². The number of aliphatic hydroxyl groups is 1.